The molecular weight excluding hydrogens is 394 g/mol. The molecule has 0 fully saturated rings. The number of anilines is 1. The summed E-state index contributed by atoms with van der Waals surface area (Å²) >= 11 is 5.52. The van der Waals surface area contributed by atoms with Gasteiger partial charge in [-0.15, -0.1) is 4.72 Å². The summed E-state index contributed by atoms with van der Waals surface area (Å²) in [7, 11) is 1.80. The summed E-state index contributed by atoms with van der Waals surface area (Å²) in [5, 5.41) is 0.598. The van der Waals surface area contributed by atoms with Crippen LogP contribution in [0, 0.1) is 0 Å². The van der Waals surface area contributed by atoms with Gasteiger partial charge in [-0.1, -0.05) is 17.7 Å². The Labute approximate surface area is 174 Å². The quantitative estimate of drug-likeness (QED) is 0.744. The van der Waals surface area contributed by atoms with Crippen LogP contribution in [-0.2, 0) is 22.6 Å². The number of halogens is 1. The van der Waals surface area contributed by atoms with E-state index in [0.29, 0.717) is 11.4 Å². The SMILES string of the molecule is CC(N[S@+]([O-])C(C)(C)C)c1cncc(-c2ccc3c(c2)CCC(=O)N3C)c1Cl. The van der Waals surface area contributed by atoms with Crippen LogP contribution in [0.2, 0.25) is 5.02 Å². The summed E-state index contributed by atoms with van der Waals surface area (Å²) in [6.45, 7) is 7.71. The molecule has 28 heavy (non-hydrogen) atoms. The highest BCUT2D eigenvalue weighted by atomic mass is 35.5. The van der Waals surface area contributed by atoms with Gasteiger partial charge in [0.1, 0.15) is 4.75 Å². The maximum Gasteiger partial charge on any atom is 0.227 e. The Morgan fingerprint density at radius 2 is 2.00 bits per heavy atom. The summed E-state index contributed by atoms with van der Waals surface area (Å²) in [6.07, 6.45) is 4.70. The number of carbonyl (C=O) groups excluding carboxylic acids is 1. The Hall–Kier alpha value is -1.60. The van der Waals surface area contributed by atoms with Gasteiger partial charge in [-0.2, -0.15) is 0 Å². The number of hydrogen-bond acceptors (Lipinski definition) is 4. The molecule has 0 radical (unpaired) electrons. The number of nitrogens with zero attached hydrogens (tertiary/aromatic N) is 2. The molecule has 150 valence electrons. The molecule has 1 aliphatic heterocycles. The highest BCUT2D eigenvalue weighted by Crippen LogP contribution is 2.36. The van der Waals surface area contributed by atoms with Gasteiger partial charge in [0.15, 0.2) is 0 Å². The van der Waals surface area contributed by atoms with Crippen LogP contribution < -0.4 is 9.62 Å². The molecular formula is C21H26ClN3O2S. The van der Waals surface area contributed by atoms with Gasteiger partial charge in [0.05, 0.1) is 11.1 Å². The van der Waals surface area contributed by atoms with Gasteiger partial charge in [0, 0.05) is 54.0 Å². The number of amides is 1. The fraction of sp³-hybridized carbons (Fsp3) is 0.429. The predicted octanol–water partition coefficient (Wildman–Crippen LogP) is 4.42. The zero-order valence-corrected chi connectivity index (χ0v) is 18.4. The van der Waals surface area contributed by atoms with E-state index in [0.717, 1.165) is 34.4 Å². The number of nitrogens with one attached hydrogen (secondary N) is 1. The summed E-state index contributed by atoms with van der Waals surface area (Å²) < 4.78 is 15.2. The molecule has 1 aliphatic rings. The largest absolute Gasteiger partial charge is 0.598 e. The Balaban J connectivity index is 1.92. The number of aromatic nitrogens is 1. The summed E-state index contributed by atoms with van der Waals surface area (Å²) in [5.41, 5.74) is 4.67. The van der Waals surface area contributed by atoms with Crippen LogP contribution in [0.5, 0.6) is 0 Å². The van der Waals surface area contributed by atoms with Crippen LogP contribution in [0.15, 0.2) is 30.6 Å². The lowest BCUT2D eigenvalue weighted by Crippen LogP contribution is -2.40. The number of benzene rings is 1. The van der Waals surface area contributed by atoms with Crippen molar-refractivity contribution in [2.75, 3.05) is 11.9 Å². The number of pyridine rings is 1. The number of rotatable bonds is 4. The van der Waals surface area contributed by atoms with Gasteiger partial charge < -0.3 is 9.45 Å². The first-order valence-electron chi connectivity index (χ1n) is 9.31. The molecule has 0 saturated heterocycles. The Morgan fingerprint density at radius 1 is 1.29 bits per heavy atom. The zero-order chi connectivity index (χ0) is 20.6. The number of fused-ring (bicyclic) bond motifs is 1. The molecule has 1 aromatic carbocycles. The van der Waals surface area contributed by atoms with Gasteiger partial charge in [-0.3, -0.25) is 9.78 Å². The molecule has 1 unspecified atom stereocenters. The van der Waals surface area contributed by atoms with Gasteiger partial charge in [-0.25, -0.2) is 0 Å². The smallest absolute Gasteiger partial charge is 0.227 e. The first-order chi connectivity index (χ1) is 13.1. The van der Waals surface area contributed by atoms with Crippen LogP contribution in [-0.4, -0.2) is 27.2 Å². The van der Waals surface area contributed by atoms with Gasteiger partial charge >= 0.3 is 0 Å². The second-order valence-electron chi connectivity index (χ2n) is 8.11. The first-order valence-corrected chi connectivity index (χ1v) is 10.8. The van der Waals surface area contributed by atoms with Gasteiger partial charge in [0.25, 0.3) is 0 Å². The Bertz CT molecular complexity index is 898. The number of hydrogen-bond donors (Lipinski definition) is 1. The maximum atomic E-state index is 12.4. The summed E-state index contributed by atoms with van der Waals surface area (Å²) in [6, 6.07) is 5.80. The molecule has 5 nitrogen and oxygen atoms in total. The fourth-order valence-corrected chi connectivity index (χ4v) is 4.36. The Morgan fingerprint density at radius 3 is 2.68 bits per heavy atom. The monoisotopic (exact) mass is 419 g/mol. The molecule has 1 amide bonds. The van der Waals surface area contributed by atoms with Gasteiger partial charge in [0.2, 0.25) is 5.91 Å². The molecule has 2 atom stereocenters. The van der Waals surface area contributed by atoms with E-state index in [2.05, 4.69) is 15.8 Å². The highest BCUT2D eigenvalue weighted by molar-refractivity contribution is 7.90. The predicted molar refractivity (Wildman–Crippen MR) is 116 cm³/mol. The molecule has 0 aliphatic carbocycles. The van der Waals surface area contributed by atoms with Crippen molar-refractivity contribution in [2.24, 2.45) is 0 Å². The number of aryl methyl sites for hydroxylation is 1. The topological polar surface area (TPSA) is 68.3 Å². The first kappa shape index (κ1) is 21.1. The lowest BCUT2D eigenvalue weighted by atomic mass is 9.96. The van der Waals surface area contributed by atoms with Gasteiger partial charge in [-0.05, 0) is 57.4 Å². The molecule has 1 aromatic heterocycles. The van der Waals surface area contributed by atoms with Crippen molar-refractivity contribution in [3.63, 3.8) is 0 Å². The van der Waals surface area contributed by atoms with E-state index >= 15 is 0 Å². The van der Waals surface area contributed by atoms with E-state index in [9.17, 15) is 9.35 Å². The minimum absolute atomic E-state index is 0.133. The molecule has 0 bridgehead atoms. The third-order valence-electron chi connectivity index (χ3n) is 4.95. The molecule has 2 heterocycles. The summed E-state index contributed by atoms with van der Waals surface area (Å²) in [4.78, 5) is 18.0. The fourth-order valence-electron chi connectivity index (χ4n) is 3.19. The second-order valence-corrected chi connectivity index (χ2v) is 10.5. The molecule has 2 aromatic rings. The van der Waals surface area contributed by atoms with Crippen LogP contribution >= 0.6 is 11.6 Å². The maximum absolute atomic E-state index is 12.4. The van der Waals surface area contributed by atoms with E-state index in [-0.39, 0.29) is 16.7 Å². The van der Waals surface area contributed by atoms with Crippen molar-refractivity contribution in [1.82, 2.24) is 9.71 Å². The summed E-state index contributed by atoms with van der Waals surface area (Å²) in [5.74, 6) is 0.133. The highest BCUT2D eigenvalue weighted by Gasteiger charge is 2.29. The van der Waals surface area contributed by atoms with Crippen molar-refractivity contribution in [3.05, 3.63) is 46.7 Å². The van der Waals surface area contributed by atoms with Crippen molar-refractivity contribution in [3.8, 4) is 11.1 Å². The normalized spacial score (nSPS) is 16.7. The van der Waals surface area contributed by atoms with E-state index in [4.69, 9.17) is 11.6 Å². The molecule has 7 heteroatoms. The van der Waals surface area contributed by atoms with E-state index < -0.39 is 11.4 Å². The van der Waals surface area contributed by atoms with Crippen molar-refractivity contribution in [1.29, 1.82) is 0 Å². The van der Waals surface area contributed by atoms with Crippen LogP contribution in [0.25, 0.3) is 11.1 Å². The Kier molecular flexibility index (Phi) is 6.05. The van der Waals surface area contributed by atoms with E-state index in [1.165, 1.54) is 0 Å². The van der Waals surface area contributed by atoms with Crippen molar-refractivity contribution in [2.45, 2.75) is 51.3 Å². The third kappa shape index (κ3) is 4.20. The lowest BCUT2D eigenvalue weighted by Gasteiger charge is -2.27. The minimum Gasteiger partial charge on any atom is -0.598 e. The molecule has 0 spiro atoms. The lowest BCUT2D eigenvalue weighted by molar-refractivity contribution is -0.118. The van der Waals surface area contributed by atoms with E-state index in [1.54, 1.807) is 24.3 Å². The number of carbonyl (C=O) groups is 1. The van der Waals surface area contributed by atoms with E-state index in [1.807, 2.05) is 39.8 Å². The van der Waals surface area contributed by atoms with Crippen molar-refractivity contribution < 1.29 is 9.35 Å². The minimum atomic E-state index is -1.21. The molecule has 1 N–H and O–H groups in total. The standard InChI is InChI=1S/C21H26ClN3O2S/c1-13(24-28(27)21(2,3)4)16-11-23-12-17(20(16)22)14-6-8-18-15(10-14)7-9-19(26)25(18)5/h6,8,10-13,24H,7,9H2,1-5H3/t13?,28-/m1/s1. The van der Waals surface area contributed by atoms with Crippen LogP contribution in [0.1, 0.15) is 51.3 Å². The molecule has 0 saturated carbocycles. The molecule has 3 rings (SSSR count). The van der Waals surface area contributed by atoms with Crippen LogP contribution in [0.4, 0.5) is 5.69 Å². The zero-order valence-electron chi connectivity index (χ0n) is 16.9. The average Bonchev–Trinajstić information content (AvgIpc) is 2.64. The second kappa shape index (κ2) is 8.03. The van der Waals surface area contributed by atoms with Crippen LogP contribution in [0.3, 0.4) is 0 Å². The van der Waals surface area contributed by atoms with Crippen molar-refractivity contribution >= 4 is 34.6 Å². The average molecular weight is 420 g/mol. The third-order valence-corrected chi connectivity index (χ3v) is 7.05.